The highest BCUT2D eigenvalue weighted by Gasteiger charge is 2.50. The van der Waals surface area contributed by atoms with Crippen LogP contribution in [0.2, 0.25) is 0 Å². The summed E-state index contributed by atoms with van der Waals surface area (Å²) in [5.74, 6) is -4.55. The molecular formula is C61H107N3O15. The molecule has 0 aromatic rings. The Hall–Kier alpha value is -3.53. The van der Waals surface area contributed by atoms with Gasteiger partial charge >= 0.3 is 11.9 Å². The van der Waals surface area contributed by atoms with Crippen LogP contribution in [0.15, 0.2) is 64.7 Å². The van der Waals surface area contributed by atoms with E-state index in [4.69, 9.17) is 19.9 Å². The number of carbonyl (C=O) groups is 2. The first-order chi connectivity index (χ1) is 37.2. The number of nitrogens with zero attached hydrogens (tertiary/aromatic N) is 1. The Morgan fingerprint density at radius 2 is 1.42 bits per heavy atom. The Balaban J connectivity index is 2.44. The van der Waals surface area contributed by atoms with E-state index in [1.165, 1.54) is 0 Å². The van der Waals surface area contributed by atoms with Gasteiger partial charge in [0, 0.05) is 81.9 Å². The molecule has 2 rings (SSSR count). The summed E-state index contributed by atoms with van der Waals surface area (Å²) in [6, 6.07) is 0. The first-order valence-electron chi connectivity index (χ1n) is 29.4. The molecule has 0 aromatic carbocycles. The molecule has 2 aliphatic heterocycles. The molecule has 13 N–H and O–H groups in total. The quantitative estimate of drug-likeness (QED) is 0.0289. The zero-order chi connectivity index (χ0) is 59.4. The number of aliphatic hydroxyl groups excluding tert-OH is 9. The lowest BCUT2D eigenvalue weighted by Crippen LogP contribution is -2.60. The van der Waals surface area contributed by atoms with Gasteiger partial charge in [0.25, 0.3) is 0 Å². The van der Waals surface area contributed by atoms with Gasteiger partial charge in [0.05, 0.1) is 54.9 Å². The lowest BCUT2D eigenvalue weighted by atomic mass is 9.84. The minimum absolute atomic E-state index is 0.0388. The third-order valence-electron chi connectivity index (χ3n) is 15.9. The lowest BCUT2D eigenvalue weighted by Gasteiger charge is -2.45. The summed E-state index contributed by atoms with van der Waals surface area (Å²) in [6.45, 7) is 17.4. The molecule has 0 aliphatic carbocycles. The monoisotopic (exact) mass is 1120 g/mol. The molecule has 79 heavy (non-hydrogen) atoms. The highest BCUT2D eigenvalue weighted by molar-refractivity contribution is 5.88. The first kappa shape index (κ1) is 71.6. The van der Waals surface area contributed by atoms with Gasteiger partial charge in [0.15, 0.2) is 11.7 Å². The summed E-state index contributed by atoms with van der Waals surface area (Å²) >= 11 is 0. The van der Waals surface area contributed by atoms with Crippen LogP contribution in [0.5, 0.6) is 0 Å². The Bertz CT molecular complexity index is 1930. The van der Waals surface area contributed by atoms with Gasteiger partial charge in [-0.15, -0.1) is 0 Å². The Morgan fingerprint density at radius 3 is 2.09 bits per heavy atom. The molecule has 0 aromatic heterocycles. The van der Waals surface area contributed by atoms with Crippen molar-refractivity contribution in [3.05, 3.63) is 59.8 Å². The van der Waals surface area contributed by atoms with Gasteiger partial charge in [0.2, 0.25) is 0 Å². The highest BCUT2D eigenvalue weighted by Crippen LogP contribution is 2.36. The van der Waals surface area contributed by atoms with Gasteiger partial charge in [-0.25, -0.2) is 4.79 Å². The number of rotatable bonds is 15. The number of cyclic esters (lactones) is 1. The Kier molecular flexibility index (Phi) is 34.0. The SMILES string of the molecule is CN=C(N)NCCC/C=C\CCC[C@H](C)[C@@H]1OC(=O)/C(C)=C\C=C/[C@@H](C)[C@H](O)C[C@@H](O)[C@H](C)[C@H](O)CC[C@H](C)[C@@H](O)C[C@@]2(O)O[C@@H](C[C@@H](OC(=O)CCCCC(C)C)C[C@H](O)C[C@@H](O)C[C@H](O)/C(C)=C\C=C/[C@@H]1C)C[C@@H](O)[C@@H]2O. The molecule has 0 saturated carbocycles. The van der Waals surface area contributed by atoms with Crippen LogP contribution in [0.3, 0.4) is 0 Å². The zero-order valence-electron chi connectivity index (χ0n) is 49.5. The van der Waals surface area contributed by atoms with Gasteiger partial charge in [-0.2, -0.15) is 0 Å². The number of aliphatic imine (C=N–C) groups is 1. The van der Waals surface area contributed by atoms with E-state index in [0.717, 1.165) is 51.5 Å². The summed E-state index contributed by atoms with van der Waals surface area (Å²) in [7, 11) is 1.63. The second kappa shape index (κ2) is 37.5. The van der Waals surface area contributed by atoms with Gasteiger partial charge in [-0.05, 0) is 95.0 Å². The minimum atomic E-state index is -2.43. The van der Waals surface area contributed by atoms with Crippen LogP contribution in [-0.4, -0.2) is 162 Å². The number of nitrogens with one attached hydrogen (secondary N) is 1. The fourth-order valence-electron chi connectivity index (χ4n) is 10.2. The summed E-state index contributed by atoms with van der Waals surface area (Å²) < 4.78 is 18.2. The number of hydrogen-bond acceptors (Lipinski definition) is 16. The second-order valence-electron chi connectivity index (χ2n) is 23.6. The van der Waals surface area contributed by atoms with E-state index < -0.39 is 115 Å². The van der Waals surface area contributed by atoms with Gasteiger partial charge in [-0.3, -0.25) is 9.79 Å². The first-order valence-corrected chi connectivity index (χ1v) is 29.4. The van der Waals surface area contributed by atoms with E-state index in [2.05, 4.69) is 43.2 Å². The van der Waals surface area contributed by atoms with Crippen molar-refractivity contribution in [3.63, 3.8) is 0 Å². The molecule has 18 atom stereocenters. The summed E-state index contributed by atoms with van der Waals surface area (Å²) in [5.41, 5.74) is 6.59. The molecule has 456 valence electrons. The molecule has 1 saturated heterocycles. The molecule has 2 heterocycles. The third-order valence-corrected chi connectivity index (χ3v) is 15.9. The number of esters is 2. The van der Waals surface area contributed by atoms with Gasteiger partial charge < -0.3 is 76.3 Å². The summed E-state index contributed by atoms with van der Waals surface area (Å²) in [4.78, 5) is 30.8. The maximum atomic E-state index is 13.7. The van der Waals surface area contributed by atoms with Crippen LogP contribution < -0.4 is 11.1 Å². The number of guanidine groups is 1. The van der Waals surface area contributed by atoms with Crippen LogP contribution in [0, 0.1) is 35.5 Å². The Labute approximate surface area is 473 Å². The number of ether oxygens (including phenoxy) is 3. The van der Waals surface area contributed by atoms with Crippen LogP contribution in [0.25, 0.3) is 0 Å². The smallest absolute Gasteiger partial charge is 0.334 e. The highest BCUT2D eigenvalue weighted by atomic mass is 16.7. The number of nitrogens with two attached hydrogens (primary N) is 1. The van der Waals surface area contributed by atoms with Gasteiger partial charge in [0.1, 0.15) is 18.3 Å². The van der Waals surface area contributed by atoms with Crippen molar-refractivity contribution in [3.8, 4) is 0 Å². The molecule has 0 spiro atoms. The fourth-order valence-corrected chi connectivity index (χ4v) is 10.2. The van der Waals surface area contributed by atoms with E-state index in [9.17, 15) is 60.7 Å². The molecule has 2 aliphatic rings. The minimum Gasteiger partial charge on any atom is -0.462 e. The van der Waals surface area contributed by atoms with E-state index in [0.29, 0.717) is 29.4 Å². The van der Waals surface area contributed by atoms with Crippen molar-refractivity contribution in [2.45, 2.75) is 257 Å². The fraction of sp³-hybridized carbons (Fsp3) is 0.787. The molecule has 0 radical (unpaired) electrons. The number of aliphatic hydroxyl groups is 10. The average Bonchev–Trinajstić information content (AvgIpc) is 3.38. The van der Waals surface area contributed by atoms with Crippen molar-refractivity contribution in [2.75, 3.05) is 13.6 Å². The topological polar surface area (TPSA) is 315 Å². The maximum absolute atomic E-state index is 13.7. The second-order valence-corrected chi connectivity index (χ2v) is 23.6. The molecule has 2 bridgehead atoms. The summed E-state index contributed by atoms with van der Waals surface area (Å²) in [6.07, 6.45) is 6.83. The van der Waals surface area contributed by atoms with E-state index >= 15 is 0 Å². The van der Waals surface area contributed by atoms with Crippen LogP contribution in [0.1, 0.15) is 178 Å². The zero-order valence-corrected chi connectivity index (χ0v) is 49.5. The molecule has 0 amide bonds. The Morgan fingerprint density at radius 1 is 0.772 bits per heavy atom. The average molecular weight is 1120 g/mol. The van der Waals surface area contributed by atoms with Crippen molar-refractivity contribution < 1.29 is 74.9 Å². The van der Waals surface area contributed by atoms with Crippen LogP contribution in [-0.2, 0) is 23.8 Å². The third kappa shape index (κ3) is 27.9. The van der Waals surface area contributed by atoms with Gasteiger partial charge in [-0.1, -0.05) is 110 Å². The molecule has 18 heteroatoms. The van der Waals surface area contributed by atoms with Crippen molar-refractivity contribution >= 4 is 17.9 Å². The number of allylic oxidation sites excluding steroid dienone is 6. The van der Waals surface area contributed by atoms with Crippen LogP contribution in [0.4, 0.5) is 0 Å². The standard InChI is InChI=1S/C61H107N3O15/c1-38(2)21-16-17-27-56(73)77-48-32-46(65)31-47(66)33-51(68)39(3)23-19-25-43(7)57(42(6)22-15-13-11-12-14-18-30-64-60(62)63-10)78-59(75)44(8)26-20-24-40(4)52(69)36-53(70)45(9)50(67)29-28-41(5)55(72)37-61(76)58(74)54(71)35-49(34-48)79-61/h11-12,19-20,23-26,38,40-43,45-55,57-58,65-72,74,76H,13-18,21-22,27-37H2,1-10H3,(H3,62,63,64)/b12-11-,24-20-,25-19-,39-23-,44-26-/t40-,41+,42+,43+,45-,46-,47-,48+,49+,50-,51+,52-,53-,54-,55+,57+,58+,61-/m1/s1. The van der Waals surface area contributed by atoms with Crippen molar-refractivity contribution in [1.29, 1.82) is 0 Å². The number of fused-ring (bicyclic) bond motifs is 2. The van der Waals surface area contributed by atoms with Crippen molar-refractivity contribution in [1.82, 2.24) is 5.32 Å². The predicted octanol–water partition coefficient (Wildman–Crippen LogP) is 6.11. The summed E-state index contributed by atoms with van der Waals surface area (Å²) in [5, 5.41) is 115. The van der Waals surface area contributed by atoms with Crippen LogP contribution >= 0.6 is 0 Å². The molecule has 18 nitrogen and oxygen atoms in total. The number of hydrogen-bond donors (Lipinski definition) is 12. The number of carbonyl (C=O) groups excluding carboxylic acids is 2. The largest absolute Gasteiger partial charge is 0.462 e. The van der Waals surface area contributed by atoms with Crippen molar-refractivity contribution in [2.24, 2.45) is 46.2 Å². The normalized spacial score (nSPS) is 37.1. The van der Waals surface area contributed by atoms with E-state index in [1.54, 1.807) is 72.0 Å². The van der Waals surface area contributed by atoms with E-state index in [1.807, 2.05) is 13.0 Å². The lowest BCUT2D eigenvalue weighted by molar-refractivity contribution is -0.333. The molecule has 1 fully saturated rings. The number of unbranched alkanes of at least 4 members (excludes halogenated alkanes) is 3. The predicted molar refractivity (Wildman–Crippen MR) is 308 cm³/mol. The molecule has 0 unspecified atom stereocenters. The van der Waals surface area contributed by atoms with E-state index in [-0.39, 0.29) is 69.6 Å². The maximum Gasteiger partial charge on any atom is 0.334 e. The molecular weight excluding hydrogens is 1010 g/mol.